The highest BCUT2D eigenvalue weighted by molar-refractivity contribution is 6.18. The number of ether oxygens (including phenoxy) is 5. The van der Waals surface area contributed by atoms with Crippen molar-refractivity contribution in [1.82, 2.24) is 14.7 Å². The molecule has 0 saturated carbocycles. The van der Waals surface area contributed by atoms with Gasteiger partial charge in [-0.3, -0.25) is 20.2 Å². The Labute approximate surface area is 314 Å². The van der Waals surface area contributed by atoms with Crippen molar-refractivity contribution >= 4 is 37.1 Å². The molecule has 0 heterocycles. The van der Waals surface area contributed by atoms with Gasteiger partial charge in [0.15, 0.2) is 34.5 Å². The van der Waals surface area contributed by atoms with Gasteiger partial charge < -0.3 is 49.2 Å². The summed E-state index contributed by atoms with van der Waals surface area (Å²) < 4.78 is 26.0. The summed E-state index contributed by atoms with van der Waals surface area (Å²) >= 11 is 5.35. The molecule has 0 spiro atoms. The Morgan fingerprint density at radius 2 is 1.04 bits per heavy atom. The first-order valence-electron chi connectivity index (χ1n) is 15.1. The van der Waals surface area contributed by atoms with Gasteiger partial charge in [0.25, 0.3) is 11.4 Å². The number of hydrogen-bond acceptors (Lipinski definition) is 14. The maximum atomic E-state index is 10.6. The molecular formula is C34H55BClN6O10. The maximum Gasteiger partial charge on any atom is 0.273 e. The fraction of sp³-hybridized carbons (Fsp3) is 0.471. The number of hydrogen-bond donors (Lipinski definition) is 2. The number of alkyl halides is 1. The minimum absolute atomic E-state index is 0. The van der Waals surface area contributed by atoms with Crippen molar-refractivity contribution in [2.75, 3.05) is 108 Å². The summed E-state index contributed by atoms with van der Waals surface area (Å²) in [7, 11) is 16.3. The summed E-state index contributed by atoms with van der Waals surface area (Å²) in [5.74, 6) is 3.01. The van der Waals surface area contributed by atoms with Gasteiger partial charge in [-0.25, -0.2) is 0 Å². The van der Waals surface area contributed by atoms with Crippen molar-refractivity contribution in [3.05, 3.63) is 74.8 Å². The van der Waals surface area contributed by atoms with E-state index in [-0.39, 0.29) is 38.7 Å². The largest absolute Gasteiger partial charge is 0.504 e. The van der Waals surface area contributed by atoms with Crippen molar-refractivity contribution in [3.63, 3.8) is 0 Å². The van der Waals surface area contributed by atoms with Crippen LogP contribution in [0, 0.1) is 20.2 Å². The summed E-state index contributed by atoms with van der Waals surface area (Å²) in [6, 6.07) is 13.3. The number of anilines is 1. The molecule has 291 valence electrons. The first kappa shape index (κ1) is 51.7. The number of phenols is 1. The van der Waals surface area contributed by atoms with Crippen LogP contribution in [0.4, 0.5) is 17.1 Å². The topological polar surface area (TPSA) is 188 Å². The number of phenolic OH excluding ortho intramolecular Hbond substituents is 1. The van der Waals surface area contributed by atoms with Crippen LogP contribution in [0.3, 0.4) is 0 Å². The first-order chi connectivity index (χ1) is 23.6. The molecule has 16 nitrogen and oxygen atoms in total. The number of nitro benzene ring substituents is 2. The molecule has 3 aromatic rings. The Kier molecular flexibility index (Phi) is 28.7. The lowest BCUT2D eigenvalue weighted by Gasteiger charge is -2.13. The number of nitrogen functional groups attached to an aromatic ring is 1. The SMILES string of the molecule is C.CN(C)CCCl.COc1ccc(N)cc1OCCN(C)C.COc1ccc([N+](=O)[O-])cc1O.COc1ccc([N+](=O)[O-])cc1OCCN(C)C.[B]. The Morgan fingerprint density at radius 3 is 1.38 bits per heavy atom. The summed E-state index contributed by atoms with van der Waals surface area (Å²) in [4.78, 5) is 25.9. The van der Waals surface area contributed by atoms with E-state index in [9.17, 15) is 20.2 Å². The predicted octanol–water partition coefficient (Wildman–Crippen LogP) is 5.11. The number of non-ortho nitro benzene ring substituents is 2. The van der Waals surface area contributed by atoms with Gasteiger partial charge in [0.1, 0.15) is 13.2 Å². The number of nitrogens with zero attached hydrogens (tertiary/aromatic N) is 5. The third kappa shape index (κ3) is 22.2. The summed E-state index contributed by atoms with van der Waals surface area (Å²) in [6.45, 7) is 3.63. The van der Waals surface area contributed by atoms with Gasteiger partial charge in [-0.05, 0) is 66.6 Å². The van der Waals surface area contributed by atoms with Gasteiger partial charge in [0, 0.05) is 57.8 Å². The molecule has 0 atom stereocenters. The van der Waals surface area contributed by atoms with Crippen LogP contribution >= 0.6 is 11.6 Å². The maximum absolute atomic E-state index is 10.6. The number of rotatable bonds is 15. The van der Waals surface area contributed by atoms with E-state index in [0.29, 0.717) is 41.9 Å². The molecule has 0 unspecified atom stereocenters. The number of nitro groups is 2. The monoisotopic (exact) mass is 753 g/mol. The van der Waals surface area contributed by atoms with Crippen LogP contribution in [0.2, 0.25) is 0 Å². The van der Waals surface area contributed by atoms with Gasteiger partial charge >= 0.3 is 0 Å². The van der Waals surface area contributed by atoms with Crippen LogP contribution in [0.5, 0.6) is 34.5 Å². The molecule has 18 heteroatoms. The third-order valence-corrected chi connectivity index (χ3v) is 6.21. The minimum atomic E-state index is -0.584. The van der Waals surface area contributed by atoms with Crippen LogP contribution in [-0.4, -0.2) is 140 Å². The number of halogens is 1. The lowest BCUT2D eigenvalue weighted by molar-refractivity contribution is -0.385. The first-order valence-corrected chi connectivity index (χ1v) is 15.7. The van der Waals surface area contributed by atoms with Gasteiger partial charge in [0.2, 0.25) is 0 Å². The molecule has 0 bridgehead atoms. The number of methoxy groups -OCH3 is 3. The van der Waals surface area contributed by atoms with Crippen LogP contribution in [0.25, 0.3) is 0 Å². The molecule has 3 radical (unpaired) electrons. The molecule has 3 rings (SSSR count). The number of likely N-dealkylation sites (N-methyl/N-ethyl adjacent to an activating group) is 2. The third-order valence-electron chi connectivity index (χ3n) is 6.04. The molecule has 0 aromatic heterocycles. The second-order valence-electron chi connectivity index (χ2n) is 10.9. The smallest absolute Gasteiger partial charge is 0.273 e. The fourth-order valence-corrected chi connectivity index (χ4v) is 3.67. The van der Waals surface area contributed by atoms with Gasteiger partial charge in [-0.15, -0.1) is 11.6 Å². The molecule has 0 aliphatic carbocycles. The lowest BCUT2D eigenvalue weighted by Crippen LogP contribution is -2.19. The average Bonchev–Trinajstić information content (AvgIpc) is 3.05. The van der Waals surface area contributed by atoms with Gasteiger partial charge in [-0.2, -0.15) is 0 Å². The van der Waals surface area contributed by atoms with Crippen molar-refractivity contribution < 1.29 is 38.6 Å². The lowest BCUT2D eigenvalue weighted by atomic mass is 10.3. The zero-order valence-corrected chi connectivity index (χ0v) is 31.6. The van der Waals surface area contributed by atoms with E-state index in [2.05, 4.69) is 4.90 Å². The van der Waals surface area contributed by atoms with Crippen molar-refractivity contribution in [3.8, 4) is 34.5 Å². The molecule has 0 fully saturated rings. The standard InChI is InChI=1S/C11H16N2O4.C11H18N2O2.C7H7NO4.C4H10ClN.CH4.B/c1-12(2)6-7-17-11-8-9(13(14)15)4-5-10(11)16-3;1-13(2)6-7-15-11-8-9(12)4-5-10(11)14-3;1-12-7-3-2-5(8(10)11)4-6(7)9;1-6(2)4-3-5;;/h4-5,8H,6-7H2,1-3H3;4-5,8H,6-7,12H2,1-3H3;2-4,9H,1H3;3-4H2,1-2H3;1H4;. The van der Waals surface area contributed by atoms with E-state index >= 15 is 0 Å². The zero-order valence-electron chi connectivity index (χ0n) is 30.8. The second-order valence-corrected chi connectivity index (χ2v) is 11.3. The quantitative estimate of drug-likeness (QED) is 0.0685. The second kappa shape index (κ2) is 28.9. The van der Waals surface area contributed by atoms with Crippen LogP contribution < -0.4 is 29.4 Å². The van der Waals surface area contributed by atoms with Crippen LogP contribution in [0.1, 0.15) is 7.43 Å². The molecule has 0 aliphatic heterocycles. The molecule has 0 saturated heterocycles. The Balaban J connectivity index is -0.000000637. The summed E-state index contributed by atoms with van der Waals surface area (Å²) in [5, 5.41) is 30.0. The highest BCUT2D eigenvalue weighted by atomic mass is 35.5. The van der Waals surface area contributed by atoms with E-state index in [1.165, 1.54) is 44.6 Å². The van der Waals surface area contributed by atoms with E-state index < -0.39 is 9.85 Å². The van der Waals surface area contributed by atoms with Crippen molar-refractivity contribution in [2.24, 2.45) is 0 Å². The predicted molar refractivity (Wildman–Crippen MR) is 208 cm³/mol. The molecule has 52 heavy (non-hydrogen) atoms. The number of benzene rings is 3. The molecule has 0 amide bonds. The normalized spacial score (nSPS) is 9.71. The zero-order chi connectivity index (χ0) is 38.2. The van der Waals surface area contributed by atoms with Crippen molar-refractivity contribution in [2.45, 2.75) is 7.43 Å². The van der Waals surface area contributed by atoms with E-state index in [1.807, 2.05) is 52.1 Å². The Morgan fingerprint density at radius 1 is 0.654 bits per heavy atom. The molecular weight excluding hydrogens is 699 g/mol. The number of aromatic hydroxyl groups is 1. The Hall–Kier alpha value is -4.71. The van der Waals surface area contributed by atoms with Crippen LogP contribution in [0.15, 0.2) is 54.6 Å². The van der Waals surface area contributed by atoms with E-state index in [1.54, 1.807) is 25.3 Å². The van der Waals surface area contributed by atoms with Gasteiger partial charge in [-0.1, -0.05) is 7.43 Å². The van der Waals surface area contributed by atoms with Crippen LogP contribution in [-0.2, 0) is 0 Å². The molecule has 3 aromatic carbocycles. The number of nitrogens with two attached hydrogens (primary N) is 1. The highest BCUT2D eigenvalue weighted by Crippen LogP contribution is 2.31. The molecule has 0 aliphatic rings. The average molecular weight is 754 g/mol. The van der Waals surface area contributed by atoms with E-state index in [4.69, 9.17) is 46.1 Å². The Bertz CT molecular complexity index is 1440. The molecule has 3 N–H and O–H groups in total. The summed E-state index contributed by atoms with van der Waals surface area (Å²) in [5.41, 5.74) is 6.18. The van der Waals surface area contributed by atoms with Gasteiger partial charge in [0.05, 0.1) is 43.3 Å². The minimum Gasteiger partial charge on any atom is -0.504 e. The van der Waals surface area contributed by atoms with Crippen molar-refractivity contribution in [1.29, 1.82) is 0 Å². The fourth-order valence-electron chi connectivity index (χ4n) is 3.34. The highest BCUT2D eigenvalue weighted by Gasteiger charge is 2.12. The van der Waals surface area contributed by atoms with E-state index in [0.717, 1.165) is 31.6 Å². The summed E-state index contributed by atoms with van der Waals surface area (Å²) in [6.07, 6.45) is 0.